The van der Waals surface area contributed by atoms with Crippen LogP contribution >= 0.6 is 0 Å². The third-order valence-corrected chi connectivity index (χ3v) is 3.93. The number of hydrogen-bond acceptors (Lipinski definition) is 2. The van der Waals surface area contributed by atoms with E-state index in [-0.39, 0.29) is 11.9 Å². The second-order valence-corrected chi connectivity index (χ2v) is 5.70. The number of aryl methyl sites for hydroxylation is 2. The molecule has 1 unspecified atom stereocenters. The maximum Gasteiger partial charge on any atom is 0.224 e. The van der Waals surface area contributed by atoms with Crippen molar-refractivity contribution in [3.63, 3.8) is 0 Å². The molecule has 0 saturated carbocycles. The minimum absolute atomic E-state index is 0.108. The van der Waals surface area contributed by atoms with Crippen LogP contribution in [0.2, 0.25) is 0 Å². The highest BCUT2D eigenvalue weighted by molar-refractivity contribution is 5.94. The first kappa shape index (κ1) is 13.7. The second kappa shape index (κ2) is 5.60. The van der Waals surface area contributed by atoms with Gasteiger partial charge in [-0.05, 0) is 49.6 Å². The molecule has 0 aromatic heterocycles. The quantitative estimate of drug-likeness (QED) is 0.890. The highest BCUT2D eigenvalue weighted by Gasteiger charge is 2.15. The SMILES string of the molecule is Cc1cccc(C(C)Nc2ccc3c(c2)CCC(=O)N3)c1. The number of benzene rings is 2. The van der Waals surface area contributed by atoms with Crippen molar-refractivity contribution in [3.8, 4) is 0 Å². The Hall–Kier alpha value is -2.29. The van der Waals surface area contributed by atoms with E-state index in [0.717, 1.165) is 17.8 Å². The number of carbonyl (C=O) groups excluding carboxylic acids is 1. The van der Waals surface area contributed by atoms with Crippen molar-refractivity contribution in [1.29, 1.82) is 0 Å². The van der Waals surface area contributed by atoms with Gasteiger partial charge in [0.2, 0.25) is 5.91 Å². The number of nitrogens with one attached hydrogen (secondary N) is 2. The van der Waals surface area contributed by atoms with Gasteiger partial charge in [-0.15, -0.1) is 0 Å². The molecule has 21 heavy (non-hydrogen) atoms. The van der Waals surface area contributed by atoms with Gasteiger partial charge in [0.15, 0.2) is 0 Å². The molecule has 1 atom stereocenters. The molecule has 3 nitrogen and oxygen atoms in total. The fraction of sp³-hybridized carbons (Fsp3) is 0.278. The molecule has 0 fully saturated rings. The first-order valence-corrected chi connectivity index (χ1v) is 7.38. The zero-order valence-corrected chi connectivity index (χ0v) is 12.4. The molecule has 0 spiro atoms. The fourth-order valence-corrected chi connectivity index (χ4v) is 2.75. The molecule has 0 aliphatic carbocycles. The Kier molecular flexibility index (Phi) is 3.65. The van der Waals surface area contributed by atoms with E-state index in [0.29, 0.717) is 6.42 Å². The molecular weight excluding hydrogens is 260 g/mol. The summed E-state index contributed by atoms with van der Waals surface area (Å²) in [5, 5.41) is 6.45. The Morgan fingerprint density at radius 1 is 1.14 bits per heavy atom. The molecule has 108 valence electrons. The molecule has 1 heterocycles. The maximum absolute atomic E-state index is 11.4. The Morgan fingerprint density at radius 3 is 2.81 bits per heavy atom. The van der Waals surface area contributed by atoms with E-state index in [1.165, 1.54) is 16.7 Å². The van der Waals surface area contributed by atoms with E-state index >= 15 is 0 Å². The first-order valence-electron chi connectivity index (χ1n) is 7.38. The van der Waals surface area contributed by atoms with Gasteiger partial charge in [-0.25, -0.2) is 0 Å². The topological polar surface area (TPSA) is 41.1 Å². The summed E-state index contributed by atoms with van der Waals surface area (Å²) in [5.74, 6) is 0.108. The highest BCUT2D eigenvalue weighted by atomic mass is 16.1. The van der Waals surface area contributed by atoms with Crippen molar-refractivity contribution in [2.75, 3.05) is 10.6 Å². The van der Waals surface area contributed by atoms with Crippen molar-refractivity contribution in [1.82, 2.24) is 0 Å². The van der Waals surface area contributed by atoms with Crippen molar-refractivity contribution < 1.29 is 4.79 Å². The van der Waals surface area contributed by atoms with Crippen LogP contribution in [-0.2, 0) is 11.2 Å². The largest absolute Gasteiger partial charge is 0.379 e. The number of amides is 1. The van der Waals surface area contributed by atoms with E-state index in [9.17, 15) is 4.79 Å². The molecule has 2 N–H and O–H groups in total. The van der Waals surface area contributed by atoms with Gasteiger partial charge < -0.3 is 10.6 Å². The predicted molar refractivity (Wildman–Crippen MR) is 86.6 cm³/mol. The standard InChI is InChI=1S/C18H20N2O/c1-12-4-3-5-14(10-12)13(2)19-16-7-8-17-15(11-16)6-9-18(21)20-17/h3-5,7-8,10-11,13,19H,6,9H2,1-2H3,(H,20,21). The fourth-order valence-electron chi connectivity index (χ4n) is 2.75. The number of anilines is 2. The van der Waals surface area contributed by atoms with E-state index < -0.39 is 0 Å². The molecule has 2 aromatic carbocycles. The Balaban J connectivity index is 1.77. The molecule has 3 heteroatoms. The van der Waals surface area contributed by atoms with Gasteiger partial charge in [-0.1, -0.05) is 29.8 Å². The molecule has 1 amide bonds. The maximum atomic E-state index is 11.4. The average molecular weight is 280 g/mol. The lowest BCUT2D eigenvalue weighted by atomic mass is 10.0. The number of rotatable bonds is 3. The van der Waals surface area contributed by atoms with Crippen molar-refractivity contribution >= 4 is 17.3 Å². The molecule has 1 aliphatic rings. The summed E-state index contributed by atoms with van der Waals surface area (Å²) in [4.78, 5) is 11.4. The summed E-state index contributed by atoms with van der Waals surface area (Å²) in [6.07, 6.45) is 1.39. The Morgan fingerprint density at radius 2 is 2.00 bits per heavy atom. The molecular formula is C18H20N2O. The average Bonchev–Trinajstić information content (AvgIpc) is 2.47. The zero-order chi connectivity index (χ0) is 14.8. The van der Waals surface area contributed by atoms with Crippen molar-refractivity contribution in [3.05, 3.63) is 59.2 Å². The van der Waals surface area contributed by atoms with Gasteiger partial charge in [-0.2, -0.15) is 0 Å². The summed E-state index contributed by atoms with van der Waals surface area (Å²) in [7, 11) is 0. The number of hydrogen-bond donors (Lipinski definition) is 2. The van der Waals surface area contributed by atoms with E-state index in [1.54, 1.807) is 0 Å². The molecule has 2 aromatic rings. The van der Waals surface area contributed by atoms with Gasteiger partial charge in [0, 0.05) is 23.8 Å². The van der Waals surface area contributed by atoms with E-state index in [1.807, 2.05) is 12.1 Å². The van der Waals surface area contributed by atoms with Crippen LogP contribution in [0.25, 0.3) is 0 Å². The Bertz CT molecular complexity index is 679. The van der Waals surface area contributed by atoms with E-state index in [4.69, 9.17) is 0 Å². The minimum atomic E-state index is 0.108. The van der Waals surface area contributed by atoms with Crippen LogP contribution in [0, 0.1) is 6.92 Å². The molecule has 1 aliphatic heterocycles. The van der Waals surface area contributed by atoms with Crippen LogP contribution in [0.5, 0.6) is 0 Å². The molecule has 0 bridgehead atoms. The summed E-state index contributed by atoms with van der Waals surface area (Å²) in [6.45, 7) is 4.27. The van der Waals surface area contributed by atoms with Gasteiger partial charge in [0.25, 0.3) is 0 Å². The van der Waals surface area contributed by atoms with Crippen LogP contribution in [0.1, 0.15) is 36.1 Å². The van der Waals surface area contributed by atoms with Gasteiger partial charge in [-0.3, -0.25) is 4.79 Å². The number of carbonyl (C=O) groups is 1. The molecule has 3 rings (SSSR count). The summed E-state index contributed by atoms with van der Waals surface area (Å²) >= 11 is 0. The lowest BCUT2D eigenvalue weighted by molar-refractivity contribution is -0.116. The smallest absolute Gasteiger partial charge is 0.224 e. The number of fused-ring (bicyclic) bond motifs is 1. The third kappa shape index (κ3) is 3.07. The summed E-state index contributed by atoms with van der Waals surface area (Å²) in [6, 6.07) is 14.9. The summed E-state index contributed by atoms with van der Waals surface area (Å²) < 4.78 is 0. The van der Waals surface area contributed by atoms with Crippen LogP contribution in [0.15, 0.2) is 42.5 Å². The summed E-state index contributed by atoms with van der Waals surface area (Å²) in [5.41, 5.74) is 5.80. The minimum Gasteiger partial charge on any atom is -0.379 e. The third-order valence-electron chi connectivity index (χ3n) is 3.93. The zero-order valence-electron chi connectivity index (χ0n) is 12.4. The second-order valence-electron chi connectivity index (χ2n) is 5.70. The van der Waals surface area contributed by atoms with Crippen LogP contribution in [0.4, 0.5) is 11.4 Å². The van der Waals surface area contributed by atoms with Crippen molar-refractivity contribution in [2.45, 2.75) is 32.7 Å². The van der Waals surface area contributed by atoms with Gasteiger partial charge in [0.05, 0.1) is 0 Å². The van der Waals surface area contributed by atoms with Gasteiger partial charge >= 0.3 is 0 Å². The van der Waals surface area contributed by atoms with E-state index in [2.05, 4.69) is 54.8 Å². The highest BCUT2D eigenvalue weighted by Crippen LogP contribution is 2.27. The normalized spacial score (nSPS) is 15.0. The molecule has 0 radical (unpaired) electrons. The van der Waals surface area contributed by atoms with Crippen LogP contribution in [-0.4, -0.2) is 5.91 Å². The van der Waals surface area contributed by atoms with Crippen LogP contribution < -0.4 is 10.6 Å². The predicted octanol–water partition coefficient (Wildman–Crippen LogP) is 4.05. The molecule has 0 saturated heterocycles. The first-order chi connectivity index (χ1) is 10.1. The van der Waals surface area contributed by atoms with Crippen molar-refractivity contribution in [2.24, 2.45) is 0 Å². The van der Waals surface area contributed by atoms with Crippen LogP contribution in [0.3, 0.4) is 0 Å². The lowest BCUT2D eigenvalue weighted by Gasteiger charge is -2.20. The lowest BCUT2D eigenvalue weighted by Crippen LogP contribution is -2.19. The Labute approximate surface area is 125 Å². The monoisotopic (exact) mass is 280 g/mol. The van der Waals surface area contributed by atoms with Gasteiger partial charge in [0.1, 0.15) is 0 Å².